The fourth-order valence-electron chi connectivity index (χ4n) is 1.93. The molecule has 0 saturated carbocycles. The van der Waals surface area contributed by atoms with Gasteiger partial charge in [0, 0.05) is 14.8 Å². The van der Waals surface area contributed by atoms with Crippen LogP contribution in [0.25, 0.3) is 0 Å². The molecule has 0 aliphatic rings. The van der Waals surface area contributed by atoms with E-state index >= 15 is 0 Å². The molecule has 0 radical (unpaired) electrons. The summed E-state index contributed by atoms with van der Waals surface area (Å²) in [5.41, 5.74) is 2.27. The van der Waals surface area contributed by atoms with Gasteiger partial charge in [-0.05, 0) is 59.3 Å². The van der Waals surface area contributed by atoms with Crippen LogP contribution in [-0.4, -0.2) is 15.9 Å². The number of rotatable bonds is 4. The largest absolute Gasteiger partial charge is 0.362 e. The number of halogens is 4. The smallest absolute Gasteiger partial charge is 0.253 e. The zero-order chi connectivity index (χ0) is 17.0. The Bertz CT molecular complexity index is 704. The Morgan fingerprint density at radius 2 is 1.83 bits per heavy atom. The van der Waals surface area contributed by atoms with Gasteiger partial charge in [-0.3, -0.25) is 4.79 Å². The van der Waals surface area contributed by atoms with Crippen LogP contribution in [0, 0.1) is 10.5 Å². The van der Waals surface area contributed by atoms with Gasteiger partial charge in [0.05, 0.1) is 0 Å². The molecule has 0 aromatic heterocycles. The fraction of sp³-hybridized carbons (Fsp3) is 0.188. The first-order valence-electron chi connectivity index (χ1n) is 6.72. The van der Waals surface area contributed by atoms with Gasteiger partial charge in [0.2, 0.25) is 3.79 Å². The number of hydrogen-bond acceptors (Lipinski definition) is 2. The minimum absolute atomic E-state index is 0.319. The summed E-state index contributed by atoms with van der Waals surface area (Å²) in [5, 5.41) is 5.80. The second kappa shape index (κ2) is 7.92. The fourth-order valence-corrected chi connectivity index (χ4v) is 2.80. The standard InChI is InChI=1S/C16H14Cl3IN2O/c1-10-5-2-3-8-13(10)21-15(16(17,18)19)22-14(23)11-6-4-7-12(20)9-11/h2-9,15,21H,1H3,(H,22,23). The average Bonchev–Trinajstić information content (AvgIpc) is 2.47. The number of benzene rings is 2. The van der Waals surface area contributed by atoms with E-state index in [4.69, 9.17) is 34.8 Å². The van der Waals surface area contributed by atoms with Crippen molar-refractivity contribution in [2.24, 2.45) is 0 Å². The SMILES string of the molecule is Cc1ccccc1NC(NC(=O)c1cccc(I)c1)C(Cl)(Cl)Cl. The first-order valence-corrected chi connectivity index (χ1v) is 8.94. The van der Waals surface area contributed by atoms with E-state index in [9.17, 15) is 4.79 Å². The van der Waals surface area contributed by atoms with Crippen LogP contribution in [0.5, 0.6) is 0 Å². The molecule has 7 heteroatoms. The van der Waals surface area contributed by atoms with E-state index < -0.39 is 9.96 Å². The highest BCUT2D eigenvalue weighted by molar-refractivity contribution is 14.1. The van der Waals surface area contributed by atoms with Crippen molar-refractivity contribution in [3.8, 4) is 0 Å². The van der Waals surface area contributed by atoms with E-state index in [1.807, 2.05) is 37.3 Å². The Kier molecular flexibility index (Phi) is 6.42. The molecule has 122 valence electrons. The molecular formula is C16H14Cl3IN2O. The monoisotopic (exact) mass is 482 g/mol. The van der Waals surface area contributed by atoms with E-state index in [1.165, 1.54) is 0 Å². The third kappa shape index (κ3) is 5.41. The van der Waals surface area contributed by atoms with Crippen molar-refractivity contribution in [1.29, 1.82) is 0 Å². The van der Waals surface area contributed by atoms with Gasteiger partial charge in [0.1, 0.15) is 6.17 Å². The summed E-state index contributed by atoms with van der Waals surface area (Å²) in [5.74, 6) is -0.319. The lowest BCUT2D eigenvalue weighted by molar-refractivity contribution is 0.0941. The third-order valence-corrected chi connectivity index (χ3v) is 4.46. The van der Waals surface area contributed by atoms with Crippen molar-refractivity contribution in [3.05, 3.63) is 63.2 Å². The normalized spacial score (nSPS) is 12.6. The van der Waals surface area contributed by atoms with Crippen molar-refractivity contribution in [2.45, 2.75) is 16.9 Å². The van der Waals surface area contributed by atoms with Crippen LogP contribution < -0.4 is 10.6 Å². The number of para-hydroxylation sites is 1. The van der Waals surface area contributed by atoms with E-state index in [0.717, 1.165) is 14.8 Å². The molecule has 0 fully saturated rings. The van der Waals surface area contributed by atoms with Gasteiger partial charge in [-0.15, -0.1) is 0 Å². The van der Waals surface area contributed by atoms with Crippen molar-refractivity contribution in [2.75, 3.05) is 5.32 Å². The molecule has 3 nitrogen and oxygen atoms in total. The van der Waals surface area contributed by atoms with Gasteiger partial charge < -0.3 is 10.6 Å². The second-order valence-electron chi connectivity index (χ2n) is 4.92. The summed E-state index contributed by atoms with van der Waals surface area (Å²) < 4.78 is -0.757. The number of carbonyl (C=O) groups excluding carboxylic acids is 1. The molecule has 2 N–H and O–H groups in total. The first-order chi connectivity index (χ1) is 10.8. The van der Waals surface area contributed by atoms with Crippen LogP contribution in [0.3, 0.4) is 0 Å². The molecule has 0 aliphatic carbocycles. The lowest BCUT2D eigenvalue weighted by Gasteiger charge is -2.28. The lowest BCUT2D eigenvalue weighted by atomic mass is 10.2. The van der Waals surface area contributed by atoms with E-state index in [-0.39, 0.29) is 5.91 Å². The predicted octanol–water partition coefficient (Wildman–Crippen LogP) is 5.14. The molecule has 23 heavy (non-hydrogen) atoms. The molecule has 0 spiro atoms. The Morgan fingerprint density at radius 1 is 1.13 bits per heavy atom. The van der Waals surface area contributed by atoms with Crippen LogP contribution in [0.2, 0.25) is 0 Å². The maximum atomic E-state index is 12.4. The molecule has 0 heterocycles. The highest BCUT2D eigenvalue weighted by atomic mass is 127. The molecule has 1 atom stereocenters. The number of carbonyl (C=O) groups is 1. The van der Waals surface area contributed by atoms with Crippen LogP contribution in [0.4, 0.5) is 5.69 Å². The van der Waals surface area contributed by atoms with Crippen LogP contribution in [0.1, 0.15) is 15.9 Å². The number of nitrogens with one attached hydrogen (secondary N) is 2. The van der Waals surface area contributed by atoms with Crippen LogP contribution in [-0.2, 0) is 0 Å². The number of anilines is 1. The molecule has 0 saturated heterocycles. The highest BCUT2D eigenvalue weighted by Gasteiger charge is 2.34. The van der Waals surface area contributed by atoms with E-state index in [1.54, 1.807) is 18.2 Å². The molecule has 2 aromatic rings. The number of hydrogen-bond donors (Lipinski definition) is 2. The van der Waals surface area contributed by atoms with E-state index in [0.29, 0.717) is 5.56 Å². The molecule has 2 rings (SSSR count). The Labute approximate surface area is 163 Å². The van der Waals surface area contributed by atoms with Gasteiger partial charge in [-0.25, -0.2) is 0 Å². The molecule has 0 aliphatic heterocycles. The summed E-state index contributed by atoms with van der Waals surface area (Å²) in [6, 6.07) is 14.7. The Hall–Kier alpha value is -0.690. The van der Waals surface area contributed by atoms with Gasteiger partial charge in [0.15, 0.2) is 0 Å². The van der Waals surface area contributed by atoms with Gasteiger partial charge in [0.25, 0.3) is 5.91 Å². The molecule has 2 aromatic carbocycles. The zero-order valence-electron chi connectivity index (χ0n) is 12.1. The number of aryl methyl sites for hydroxylation is 1. The minimum Gasteiger partial charge on any atom is -0.362 e. The van der Waals surface area contributed by atoms with Gasteiger partial charge in [-0.1, -0.05) is 59.1 Å². The first kappa shape index (κ1) is 18.6. The maximum absolute atomic E-state index is 12.4. The zero-order valence-corrected chi connectivity index (χ0v) is 16.5. The van der Waals surface area contributed by atoms with Crippen molar-refractivity contribution in [3.63, 3.8) is 0 Å². The summed E-state index contributed by atoms with van der Waals surface area (Å²) in [6.45, 7) is 1.93. The lowest BCUT2D eigenvalue weighted by Crippen LogP contribution is -2.49. The van der Waals surface area contributed by atoms with Crippen LogP contribution in [0.15, 0.2) is 48.5 Å². The average molecular weight is 484 g/mol. The number of alkyl halides is 3. The Balaban J connectivity index is 2.20. The van der Waals surface area contributed by atoms with Gasteiger partial charge in [-0.2, -0.15) is 0 Å². The maximum Gasteiger partial charge on any atom is 0.253 e. The third-order valence-electron chi connectivity index (χ3n) is 3.13. The van der Waals surface area contributed by atoms with Crippen molar-refractivity contribution in [1.82, 2.24) is 5.32 Å². The molecule has 0 bridgehead atoms. The summed E-state index contributed by atoms with van der Waals surface area (Å²) in [4.78, 5) is 12.4. The molecular weight excluding hydrogens is 469 g/mol. The highest BCUT2D eigenvalue weighted by Crippen LogP contribution is 2.32. The molecule has 1 amide bonds. The van der Waals surface area contributed by atoms with Crippen LogP contribution >= 0.6 is 57.4 Å². The van der Waals surface area contributed by atoms with E-state index in [2.05, 4.69) is 33.2 Å². The van der Waals surface area contributed by atoms with Crippen molar-refractivity contribution < 1.29 is 4.79 Å². The predicted molar refractivity (Wildman–Crippen MR) is 106 cm³/mol. The molecule has 1 unspecified atom stereocenters. The van der Waals surface area contributed by atoms with Gasteiger partial charge >= 0.3 is 0 Å². The topological polar surface area (TPSA) is 41.1 Å². The minimum atomic E-state index is -1.71. The summed E-state index contributed by atoms with van der Waals surface area (Å²) in [6.07, 6.45) is -0.876. The Morgan fingerprint density at radius 3 is 2.43 bits per heavy atom. The van der Waals surface area contributed by atoms with Crippen molar-refractivity contribution >= 4 is 69.0 Å². The second-order valence-corrected chi connectivity index (χ2v) is 8.53. The quantitative estimate of drug-likeness (QED) is 0.359. The number of amides is 1. The summed E-state index contributed by atoms with van der Waals surface area (Å²) in [7, 11) is 0. The summed E-state index contributed by atoms with van der Waals surface area (Å²) >= 11 is 20.2.